The van der Waals surface area contributed by atoms with Gasteiger partial charge < -0.3 is 10.1 Å². The predicted octanol–water partition coefficient (Wildman–Crippen LogP) is 2.59. The van der Waals surface area contributed by atoms with E-state index in [1.54, 1.807) is 12.1 Å². The summed E-state index contributed by atoms with van der Waals surface area (Å²) in [6, 6.07) is 14.3. The van der Waals surface area contributed by atoms with E-state index in [4.69, 9.17) is 9.57 Å². The standard InChI is InChI=1S/C22H24N2O4/c1-24(27-2)22(26)20-14-17-8-5-7-16(13-17)9-6-12-28-15-18-10-3-4-11-19(18)21(25)23-20/h3-11,13,20H,12,14-15H2,1-2H3,(H,23,25)/b9-6+/t20-/m0/s1. The Morgan fingerprint density at radius 1 is 1.21 bits per heavy atom. The fraction of sp³-hybridized carbons (Fsp3) is 0.273. The SMILES string of the molecule is CON(C)C(=O)[C@@H]1Cc2cccc(c2)/C=C/COCc2ccccc2C(=O)N1. The van der Waals surface area contributed by atoms with Crippen LogP contribution in [0.25, 0.3) is 6.08 Å². The first-order chi connectivity index (χ1) is 13.6. The van der Waals surface area contributed by atoms with Crippen LogP contribution in [0.2, 0.25) is 0 Å². The van der Waals surface area contributed by atoms with Crippen molar-refractivity contribution in [2.75, 3.05) is 20.8 Å². The number of carbonyl (C=O) groups is 2. The molecular weight excluding hydrogens is 356 g/mol. The highest BCUT2D eigenvalue weighted by atomic mass is 16.7. The Kier molecular flexibility index (Phi) is 6.57. The van der Waals surface area contributed by atoms with Gasteiger partial charge in [0.1, 0.15) is 6.04 Å². The maximum atomic E-state index is 12.9. The van der Waals surface area contributed by atoms with Crippen LogP contribution in [-0.4, -0.2) is 43.7 Å². The molecule has 0 saturated heterocycles. The number of rotatable bonds is 2. The average Bonchev–Trinajstić information content (AvgIpc) is 2.72. The molecule has 6 nitrogen and oxygen atoms in total. The van der Waals surface area contributed by atoms with E-state index in [-0.39, 0.29) is 11.8 Å². The summed E-state index contributed by atoms with van der Waals surface area (Å²) in [5.74, 6) is -0.636. The zero-order valence-corrected chi connectivity index (χ0v) is 16.1. The van der Waals surface area contributed by atoms with Crippen molar-refractivity contribution >= 4 is 17.9 Å². The van der Waals surface area contributed by atoms with Crippen molar-refractivity contribution in [2.24, 2.45) is 0 Å². The number of likely N-dealkylation sites (N-methyl/N-ethyl adjacent to an activating group) is 1. The Hall–Kier alpha value is -2.96. The lowest BCUT2D eigenvalue weighted by atomic mass is 10.0. The van der Waals surface area contributed by atoms with Crippen LogP contribution < -0.4 is 5.32 Å². The third-order valence-corrected chi connectivity index (χ3v) is 4.62. The molecule has 1 aliphatic rings. The minimum Gasteiger partial charge on any atom is -0.373 e. The molecule has 146 valence electrons. The topological polar surface area (TPSA) is 67.9 Å². The maximum absolute atomic E-state index is 12.9. The highest BCUT2D eigenvalue weighted by Crippen LogP contribution is 2.15. The summed E-state index contributed by atoms with van der Waals surface area (Å²) in [6.07, 6.45) is 4.28. The molecule has 0 aliphatic carbocycles. The molecule has 1 N–H and O–H groups in total. The molecule has 2 bridgehead atoms. The molecule has 3 rings (SSSR count). The van der Waals surface area contributed by atoms with Gasteiger partial charge in [0.25, 0.3) is 11.8 Å². The maximum Gasteiger partial charge on any atom is 0.268 e. The number of ether oxygens (including phenoxy) is 1. The fourth-order valence-corrected chi connectivity index (χ4v) is 3.09. The van der Waals surface area contributed by atoms with E-state index in [1.165, 1.54) is 14.2 Å². The van der Waals surface area contributed by atoms with Crippen LogP contribution in [0.1, 0.15) is 27.0 Å². The molecule has 1 aliphatic heterocycles. The van der Waals surface area contributed by atoms with Crippen LogP contribution in [0, 0.1) is 0 Å². The first-order valence-electron chi connectivity index (χ1n) is 9.12. The number of hydrogen-bond donors (Lipinski definition) is 1. The summed E-state index contributed by atoms with van der Waals surface area (Å²) in [7, 11) is 2.95. The molecule has 2 amide bonds. The number of hydrogen-bond acceptors (Lipinski definition) is 4. The van der Waals surface area contributed by atoms with E-state index in [9.17, 15) is 9.59 Å². The van der Waals surface area contributed by atoms with Gasteiger partial charge in [0.05, 0.1) is 20.3 Å². The highest BCUT2D eigenvalue weighted by Gasteiger charge is 2.26. The van der Waals surface area contributed by atoms with E-state index in [0.717, 1.165) is 21.8 Å². The Morgan fingerprint density at radius 3 is 2.86 bits per heavy atom. The molecule has 1 heterocycles. The van der Waals surface area contributed by atoms with Crippen LogP contribution in [-0.2, 0) is 27.4 Å². The van der Waals surface area contributed by atoms with E-state index in [1.807, 2.05) is 48.6 Å². The molecule has 0 aromatic heterocycles. The van der Waals surface area contributed by atoms with Gasteiger partial charge in [0.2, 0.25) is 0 Å². The zero-order valence-electron chi connectivity index (χ0n) is 16.1. The molecule has 0 spiro atoms. The van der Waals surface area contributed by atoms with Crippen molar-refractivity contribution in [1.82, 2.24) is 10.4 Å². The van der Waals surface area contributed by atoms with Crippen LogP contribution >= 0.6 is 0 Å². The van der Waals surface area contributed by atoms with Crippen LogP contribution in [0.5, 0.6) is 0 Å². The lowest BCUT2D eigenvalue weighted by Crippen LogP contribution is -2.48. The van der Waals surface area contributed by atoms with Gasteiger partial charge in [0.15, 0.2) is 0 Å². The van der Waals surface area contributed by atoms with Crippen molar-refractivity contribution in [3.05, 3.63) is 76.9 Å². The molecule has 0 saturated carbocycles. The van der Waals surface area contributed by atoms with E-state index < -0.39 is 6.04 Å². The quantitative estimate of drug-likeness (QED) is 0.814. The van der Waals surface area contributed by atoms with Gasteiger partial charge in [-0.15, -0.1) is 0 Å². The summed E-state index contributed by atoms with van der Waals surface area (Å²) in [5.41, 5.74) is 3.22. The summed E-state index contributed by atoms with van der Waals surface area (Å²) >= 11 is 0. The second-order valence-electron chi connectivity index (χ2n) is 6.57. The largest absolute Gasteiger partial charge is 0.373 e. The molecule has 0 fully saturated rings. The molecule has 28 heavy (non-hydrogen) atoms. The molecule has 2 aromatic carbocycles. The van der Waals surface area contributed by atoms with Crippen molar-refractivity contribution in [1.29, 1.82) is 0 Å². The molecule has 1 atom stereocenters. The monoisotopic (exact) mass is 380 g/mol. The fourth-order valence-electron chi connectivity index (χ4n) is 3.09. The zero-order chi connectivity index (χ0) is 19.9. The molecule has 0 unspecified atom stereocenters. The first kappa shape index (κ1) is 19.8. The number of nitrogens with zero attached hydrogens (tertiary/aromatic N) is 1. The van der Waals surface area contributed by atoms with Gasteiger partial charge in [-0.25, -0.2) is 5.06 Å². The third kappa shape index (κ3) is 4.85. The number of fused-ring (bicyclic) bond motifs is 3. The van der Waals surface area contributed by atoms with Gasteiger partial charge in [-0.05, 0) is 22.8 Å². The summed E-state index contributed by atoms with van der Waals surface area (Å²) < 4.78 is 5.69. The van der Waals surface area contributed by atoms with Gasteiger partial charge in [-0.1, -0.05) is 54.6 Å². The van der Waals surface area contributed by atoms with Gasteiger partial charge >= 0.3 is 0 Å². The second kappa shape index (κ2) is 9.30. The van der Waals surface area contributed by atoms with Crippen molar-refractivity contribution in [3.8, 4) is 0 Å². The molecule has 0 radical (unpaired) electrons. The Morgan fingerprint density at radius 2 is 2.04 bits per heavy atom. The van der Waals surface area contributed by atoms with Crippen LogP contribution in [0.15, 0.2) is 54.6 Å². The Balaban J connectivity index is 1.98. The molecule has 2 aromatic rings. The van der Waals surface area contributed by atoms with E-state index in [2.05, 4.69) is 5.32 Å². The Labute approximate surface area is 164 Å². The first-order valence-corrected chi connectivity index (χ1v) is 9.12. The van der Waals surface area contributed by atoms with E-state index >= 15 is 0 Å². The molecule has 6 heteroatoms. The van der Waals surface area contributed by atoms with Gasteiger partial charge in [-0.3, -0.25) is 14.4 Å². The van der Waals surface area contributed by atoms with Gasteiger partial charge in [-0.2, -0.15) is 0 Å². The number of nitrogens with one attached hydrogen (secondary N) is 1. The van der Waals surface area contributed by atoms with Crippen molar-refractivity contribution < 1.29 is 19.2 Å². The lowest BCUT2D eigenvalue weighted by Gasteiger charge is -2.23. The number of benzene rings is 2. The Bertz CT molecular complexity index is 878. The minimum atomic E-state index is -0.756. The molecular formula is C22H24N2O4. The minimum absolute atomic E-state index is 0.310. The van der Waals surface area contributed by atoms with Crippen LogP contribution in [0.4, 0.5) is 0 Å². The highest BCUT2D eigenvalue weighted by molar-refractivity contribution is 5.98. The summed E-state index contributed by atoms with van der Waals surface area (Å²) in [5, 5.41) is 4.00. The van der Waals surface area contributed by atoms with Crippen LogP contribution in [0.3, 0.4) is 0 Å². The third-order valence-electron chi connectivity index (χ3n) is 4.62. The summed E-state index contributed by atoms with van der Waals surface area (Å²) in [4.78, 5) is 30.7. The number of amides is 2. The van der Waals surface area contributed by atoms with E-state index in [0.29, 0.717) is 25.2 Å². The number of carbonyl (C=O) groups excluding carboxylic acids is 2. The summed E-state index contributed by atoms with van der Waals surface area (Å²) in [6.45, 7) is 0.754. The normalized spacial score (nSPS) is 18.4. The predicted molar refractivity (Wildman–Crippen MR) is 106 cm³/mol. The smallest absolute Gasteiger partial charge is 0.268 e. The average molecular weight is 380 g/mol. The second-order valence-corrected chi connectivity index (χ2v) is 6.57. The van der Waals surface area contributed by atoms with Gasteiger partial charge in [0, 0.05) is 19.0 Å². The van der Waals surface area contributed by atoms with Crippen molar-refractivity contribution in [2.45, 2.75) is 19.1 Å². The lowest BCUT2D eigenvalue weighted by molar-refractivity contribution is -0.170. The van der Waals surface area contributed by atoms with Crippen molar-refractivity contribution in [3.63, 3.8) is 0 Å². The number of hydroxylamine groups is 2.